The summed E-state index contributed by atoms with van der Waals surface area (Å²) in [5.74, 6) is -1.01. The van der Waals surface area contributed by atoms with E-state index in [1.807, 2.05) is 0 Å². The second-order valence-electron chi connectivity index (χ2n) is 1.71. The monoisotopic (exact) mass is 130 g/mol. The molecule has 0 fully saturated rings. The largest absolute Gasteiger partial charge is 0.478 e. The maximum Gasteiger partial charge on any atom is 0.333 e. The quantitative estimate of drug-likeness (QED) is 0.571. The van der Waals surface area contributed by atoms with Crippen LogP contribution in [0.2, 0.25) is 0 Å². The first-order valence-electron chi connectivity index (χ1n) is 2.54. The van der Waals surface area contributed by atoms with Crippen molar-refractivity contribution in [2.75, 3.05) is 7.11 Å². The Morgan fingerprint density at radius 3 is 2.33 bits per heavy atom. The van der Waals surface area contributed by atoms with Gasteiger partial charge in [0.05, 0.1) is 11.7 Å². The smallest absolute Gasteiger partial charge is 0.333 e. The third-order valence-corrected chi connectivity index (χ3v) is 1.12. The summed E-state index contributed by atoms with van der Waals surface area (Å²) in [6, 6.07) is 0. The van der Waals surface area contributed by atoms with Gasteiger partial charge in [0.15, 0.2) is 0 Å². The minimum absolute atomic E-state index is 0.0810. The van der Waals surface area contributed by atoms with Crippen LogP contribution >= 0.6 is 0 Å². The molecule has 0 saturated carbocycles. The molecule has 0 rings (SSSR count). The third-order valence-electron chi connectivity index (χ3n) is 1.12. The van der Waals surface area contributed by atoms with Gasteiger partial charge < -0.3 is 9.84 Å². The predicted octanol–water partition coefficient (Wildman–Crippen LogP) is 0.662. The lowest BCUT2D eigenvalue weighted by molar-refractivity contribution is -0.133. The molecule has 0 aliphatic carbocycles. The van der Waals surface area contributed by atoms with Crippen molar-refractivity contribution < 1.29 is 14.6 Å². The van der Waals surface area contributed by atoms with E-state index in [-0.39, 0.29) is 5.57 Å². The van der Waals surface area contributed by atoms with Gasteiger partial charge in [-0.3, -0.25) is 0 Å². The summed E-state index contributed by atoms with van der Waals surface area (Å²) < 4.78 is 4.69. The number of hydrogen-bond acceptors (Lipinski definition) is 2. The zero-order valence-electron chi connectivity index (χ0n) is 5.55. The van der Waals surface area contributed by atoms with Crippen LogP contribution in [-0.4, -0.2) is 24.3 Å². The summed E-state index contributed by atoms with van der Waals surface area (Å²) in [6.07, 6.45) is -0.400. The van der Waals surface area contributed by atoms with Crippen LogP contribution in [0.5, 0.6) is 0 Å². The van der Waals surface area contributed by atoms with E-state index in [4.69, 9.17) is 9.84 Å². The highest BCUT2D eigenvalue weighted by Gasteiger charge is 2.10. The van der Waals surface area contributed by atoms with E-state index < -0.39 is 12.1 Å². The van der Waals surface area contributed by atoms with Crippen LogP contribution in [-0.2, 0) is 9.53 Å². The number of carboxylic acid groups (broad SMARTS) is 1. The van der Waals surface area contributed by atoms with Crippen molar-refractivity contribution in [3.63, 3.8) is 0 Å². The lowest BCUT2D eigenvalue weighted by Gasteiger charge is -2.06. The zero-order chi connectivity index (χ0) is 7.44. The van der Waals surface area contributed by atoms with E-state index in [2.05, 4.69) is 6.58 Å². The number of carboxylic acids is 1. The number of carbonyl (C=O) groups is 1. The lowest BCUT2D eigenvalue weighted by atomic mass is 10.2. The van der Waals surface area contributed by atoms with Crippen molar-refractivity contribution >= 4 is 5.97 Å². The van der Waals surface area contributed by atoms with Gasteiger partial charge in [-0.1, -0.05) is 6.58 Å². The van der Waals surface area contributed by atoms with E-state index in [0.717, 1.165) is 0 Å². The molecular formula is C6H10O3. The molecule has 0 aliphatic rings. The van der Waals surface area contributed by atoms with Gasteiger partial charge in [-0.05, 0) is 6.92 Å². The third kappa shape index (κ3) is 2.28. The van der Waals surface area contributed by atoms with Crippen LogP contribution in [0.25, 0.3) is 0 Å². The van der Waals surface area contributed by atoms with Gasteiger partial charge in [0.1, 0.15) is 0 Å². The Kier molecular flexibility index (Phi) is 2.95. The van der Waals surface area contributed by atoms with Crippen LogP contribution in [0.15, 0.2) is 12.2 Å². The van der Waals surface area contributed by atoms with E-state index in [1.165, 1.54) is 7.11 Å². The number of hydrogen-bond donors (Lipinski definition) is 1. The van der Waals surface area contributed by atoms with Crippen molar-refractivity contribution in [1.82, 2.24) is 0 Å². The zero-order valence-corrected chi connectivity index (χ0v) is 5.55. The Hall–Kier alpha value is -0.830. The minimum atomic E-state index is -1.01. The van der Waals surface area contributed by atoms with Crippen molar-refractivity contribution in [3.8, 4) is 0 Å². The molecule has 0 heterocycles. The Balaban J connectivity index is 3.88. The van der Waals surface area contributed by atoms with E-state index in [1.54, 1.807) is 6.92 Å². The number of aliphatic carboxylic acids is 1. The van der Waals surface area contributed by atoms with Gasteiger partial charge in [-0.2, -0.15) is 0 Å². The molecule has 0 amide bonds. The molecule has 1 N–H and O–H groups in total. The van der Waals surface area contributed by atoms with Crippen molar-refractivity contribution in [2.45, 2.75) is 13.0 Å². The fraction of sp³-hybridized carbons (Fsp3) is 0.500. The molecule has 0 aromatic heterocycles. The molecule has 0 aliphatic heterocycles. The summed E-state index contributed by atoms with van der Waals surface area (Å²) in [5, 5.41) is 8.30. The Labute approximate surface area is 53.9 Å². The standard InChI is InChI=1S/C6H10O3/c1-4(6(7)8)5(2)9-3/h5H,1H2,2-3H3,(H,7,8)/t5-/m1/s1. The fourth-order valence-electron chi connectivity index (χ4n) is 0.316. The van der Waals surface area contributed by atoms with E-state index >= 15 is 0 Å². The van der Waals surface area contributed by atoms with Gasteiger partial charge in [0.25, 0.3) is 0 Å². The summed E-state index contributed by atoms with van der Waals surface area (Å²) in [6.45, 7) is 4.94. The SMILES string of the molecule is C=C(C(=O)O)[C@@H](C)OC. The summed E-state index contributed by atoms with van der Waals surface area (Å²) >= 11 is 0. The van der Waals surface area contributed by atoms with Crippen LogP contribution in [0.1, 0.15) is 6.92 Å². The molecule has 1 atom stereocenters. The average Bonchev–Trinajstić information content (AvgIpc) is 1.84. The Morgan fingerprint density at radius 2 is 2.22 bits per heavy atom. The second-order valence-corrected chi connectivity index (χ2v) is 1.71. The Bertz CT molecular complexity index is 128. The molecule has 0 aromatic rings. The molecule has 0 aromatic carbocycles. The molecular weight excluding hydrogens is 120 g/mol. The molecule has 0 unspecified atom stereocenters. The molecule has 52 valence electrons. The topological polar surface area (TPSA) is 46.5 Å². The lowest BCUT2D eigenvalue weighted by Crippen LogP contribution is -2.14. The molecule has 0 saturated heterocycles. The van der Waals surface area contributed by atoms with Gasteiger partial charge in [-0.25, -0.2) is 4.79 Å². The summed E-state index contributed by atoms with van der Waals surface area (Å²) in [5.41, 5.74) is 0.0810. The van der Waals surface area contributed by atoms with Crippen LogP contribution in [0.3, 0.4) is 0 Å². The average molecular weight is 130 g/mol. The minimum Gasteiger partial charge on any atom is -0.478 e. The first-order chi connectivity index (χ1) is 4.09. The highest BCUT2D eigenvalue weighted by molar-refractivity contribution is 5.86. The van der Waals surface area contributed by atoms with Gasteiger partial charge in [-0.15, -0.1) is 0 Å². The van der Waals surface area contributed by atoms with Crippen molar-refractivity contribution in [2.24, 2.45) is 0 Å². The first-order valence-corrected chi connectivity index (χ1v) is 2.54. The number of ether oxygens (including phenoxy) is 1. The summed E-state index contributed by atoms with van der Waals surface area (Å²) in [7, 11) is 1.44. The summed E-state index contributed by atoms with van der Waals surface area (Å²) in [4.78, 5) is 10.1. The van der Waals surface area contributed by atoms with E-state index in [0.29, 0.717) is 0 Å². The highest BCUT2D eigenvalue weighted by atomic mass is 16.5. The first kappa shape index (κ1) is 8.17. The van der Waals surface area contributed by atoms with Gasteiger partial charge >= 0.3 is 5.97 Å². The second kappa shape index (κ2) is 3.25. The normalized spacial score (nSPS) is 12.7. The van der Waals surface area contributed by atoms with Crippen molar-refractivity contribution in [3.05, 3.63) is 12.2 Å². The van der Waals surface area contributed by atoms with Crippen LogP contribution < -0.4 is 0 Å². The fourth-order valence-corrected chi connectivity index (χ4v) is 0.316. The molecule has 3 heteroatoms. The van der Waals surface area contributed by atoms with Gasteiger partial charge in [0.2, 0.25) is 0 Å². The molecule has 0 bridgehead atoms. The van der Waals surface area contributed by atoms with Gasteiger partial charge in [0, 0.05) is 7.11 Å². The maximum absolute atomic E-state index is 10.1. The van der Waals surface area contributed by atoms with E-state index in [9.17, 15) is 4.79 Å². The number of rotatable bonds is 3. The molecule has 0 spiro atoms. The molecule has 3 nitrogen and oxygen atoms in total. The molecule has 0 radical (unpaired) electrons. The predicted molar refractivity (Wildman–Crippen MR) is 33.2 cm³/mol. The van der Waals surface area contributed by atoms with Crippen LogP contribution in [0, 0.1) is 0 Å². The highest BCUT2D eigenvalue weighted by Crippen LogP contribution is 2.00. The molecule has 9 heavy (non-hydrogen) atoms. The van der Waals surface area contributed by atoms with Crippen molar-refractivity contribution in [1.29, 1.82) is 0 Å². The number of methoxy groups -OCH3 is 1. The Morgan fingerprint density at radius 1 is 1.78 bits per heavy atom. The van der Waals surface area contributed by atoms with Crippen LogP contribution in [0.4, 0.5) is 0 Å². The maximum atomic E-state index is 10.1.